The molecule has 1 aromatic heterocycles. The molecule has 1 unspecified atom stereocenters. The van der Waals surface area contributed by atoms with Gasteiger partial charge in [0.2, 0.25) is 0 Å². The number of amides is 1. The average Bonchev–Trinajstić information content (AvgIpc) is 2.97. The van der Waals surface area contributed by atoms with Crippen molar-refractivity contribution in [3.63, 3.8) is 0 Å². The molecule has 122 valence electrons. The molecule has 0 aliphatic carbocycles. The second kappa shape index (κ2) is 7.58. The highest BCUT2D eigenvalue weighted by Crippen LogP contribution is 2.12. The smallest absolute Gasteiger partial charge is 0.338 e. The molecule has 0 radical (unpaired) electrons. The van der Waals surface area contributed by atoms with E-state index in [1.165, 1.54) is 0 Å². The predicted molar refractivity (Wildman–Crippen MR) is 85.2 cm³/mol. The monoisotopic (exact) mass is 316 g/mol. The molecule has 2 aromatic rings. The van der Waals surface area contributed by atoms with Crippen LogP contribution in [0.15, 0.2) is 34.9 Å². The molecule has 1 heterocycles. The number of nitrogens with one attached hydrogen (secondary N) is 1. The van der Waals surface area contributed by atoms with Gasteiger partial charge in [-0.1, -0.05) is 31.1 Å². The zero-order valence-electron chi connectivity index (χ0n) is 13.5. The van der Waals surface area contributed by atoms with E-state index in [1.54, 1.807) is 32.0 Å². The number of aryl methyl sites for hydroxylation is 2. The minimum Gasteiger partial charge on any atom is -0.449 e. The lowest BCUT2D eigenvalue weighted by atomic mass is 10.1. The van der Waals surface area contributed by atoms with Gasteiger partial charge in [0.25, 0.3) is 5.91 Å². The highest BCUT2D eigenvalue weighted by atomic mass is 16.5. The van der Waals surface area contributed by atoms with Gasteiger partial charge in [0.1, 0.15) is 5.76 Å². The molecule has 1 aromatic carbocycles. The van der Waals surface area contributed by atoms with Crippen LogP contribution in [0.5, 0.6) is 0 Å². The molecule has 1 amide bonds. The quantitative estimate of drug-likeness (QED) is 0.828. The Morgan fingerprint density at radius 3 is 2.48 bits per heavy atom. The van der Waals surface area contributed by atoms with E-state index in [-0.39, 0.29) is 0 Å². The summed E-state index contributed by atoms with van der Waals surface area (Å²) in [5.41, 5.74) is 1.55. The van der Waals surface area contributed by atoms with Crippen molar-refractivity contribution < 1.29 is 18.8 Å². The van der Waals surface area contributed by atoms with Crippen LogP contribution in [0.3, 0.4) is 0 Å². The Morgan fingerprint density at radius 1 is 1.26 bits per heavy atom. The van der Waals surface area contributed by atoms with Gasteiger partial charge in [-0.25, -0.2) is 4.79 Å². The Morgan fingerprint density at radius 2 is 1.96 bits per heavy atom. The predicted octanol–water partition coefficient (Wildman–Crippen LogP) is 3.12. The van der Waals surface area contributed by atoms with E-state index in [1.807, 2.05) is 19.1 Å². The largest absolute Gasteiger partial charge is 0.449 e. The number of carbonyl (C=O) groups excluding carboxylic acids is 2. The van der Waals surface area contributed by atoms with Gasteiger partial charge in [-0.05, 0) is 37.5 Å². The third kappa shape index (κ3) is 4.42. The topological polar surface area (TPSA) is 81.4 Å². The number of esters is 1. The summed E-state index contributed by atoms with van der Waals surface area (Å²) in [6.07, 6.45) is 0.374. The van der Waals surface area contributed by atoms with Crippen molar-refractivity contribution in [2.45, 2.75) is 39.7 Å². The summed E-state index contributed by atoms with van der Waals surface area (Å²) in [6, 6.07) is 8.74. The van der Waals surface area contributed by atoms with Crippen LogP contribution >= 0.6 is 0 Å². The number of hydrogen-bond acceptors (Lipinski definition) is 5. The van der Waals surface area contributed by atoms with E-state index < -0.39 is 18.0 Å². The molecule has 0 bridgehead atoms. The number of hydrogen-bond donors (Lipinski definition) is 1. The zero-order chi connectivity index (χ0) is 16.8. The molecule has 2 rings (SSSR count). The molecule has 6 nitrogen and oxygen atoms in total. The first-order chi connectivity index (χ1) is 11.0. The van der Waals surface area contributed by atoms with E-state index >= 15 is 0 Å². The first-order valence-electron chi connectivity index (χ1n) is 7.57. The molecular weight excluding hydrogens is 296 g/mol. The SMILES string of the molecule is CCc1ccc(C(=O)OC(CC)C(=O)Nc2cc(C)on2)cc1. The lowest BCUT2D eigenvalue weighted by Gasteiger charge is -2.15. The number of carbonyl (C=O) groups is 2. The average molecular weight is 316 g/mol. The lowest BCUT2D eigenvalue weighted by Crippen LogP contribution is -2.32. The van der Waals surface area contributed by atoms with Crippen LogP contribution in [-0.4, -0.2) is 23.1 Å². The van der Waals surface area contributed by atoms with E-state index in [4.69, 9.17) is 9.26 Å². The van der Waals surface area contributed by atoms with Gasteiger partial charge in [0, 0.05) is 6.07 Å². The highest BCUT2D eigenvalue weighted by Gasteiger charge is 2.22. The maximum Gasteiger partial charge on any atom is 0.338 e. The van der Waals surface area contributed by atoms with Crippen molar-refractivity contribution in [2.75, 3.05) is 5.32 Å². The number of nitrogens with zero attached hydrogens (tertiary/aromatic N) is 1. The molecule has 0 fully saturated rings. The van der Waals surface area contributed by atoms with Crippen LogP contribution in [-0.2, 0) is 16.0 Å². The summed E-state index contributed by atoms with van der Waals surface area (Å²) >= 11 is 0. The first-order valence-corrected chi connectivity index (χ1v) is 7.57. The van der Waals surface area contributed by atoms with Gasteiger partial charge in [0.05, 0.1) is 5.56 Å². The maximum absolute atomic E-state index is 12.2. The molecule has 0 aliphatic rings. The summed E-state index contributed by atoms with van der Waals surface area (Å²) in [7, 11) is 0. The molecule has 23 heavy (non-hydrogen) atoms. The van der Waals surface area contributed by atoms with Crippen LogP contribution in [0.2, 0.25) is 0 Å². The van der Waals surface area contributed by atoms with Crippen LogP contribution in [0.4, 0.5) is 5.82 Å². The van der Waals surface area contributed by atoms with Crippen LogP contribution in [0, 0.1) is 6.92 Å². The Kier molecular flexibility index (Phi) is 5.51. The van der Waals surface area contributed by atoms with Gasteiger partial charge in [-0.3, -0.25) is 4.79 Å². The fourth-order valence-corrected chi connectivity index (χ4v) is 2.03. The molecule has 1 N–H and O–H groups in total. The zero-order valence-corrected chi connectivity index (χ0v) is 13.5. The summed E-state index contributed by atoms with van der Waals surface area (Å²) in [6.45, 7) is 5.53. The minimum absolute atomic E-state index is 0.300. The molecule has 0 spiro atoms. The fourth-order valence-electron chi connectivity index (χ4n) is 2.03. The molecule has 0 aliphatic heterocycles. The normalized spacial score (nSPS) is 11.8. The number of anilines is 1. The van der Waals surface area contributed by atoms with Crippen LogP contribution in [0.25, 0.3) is 0 Å². The van der Waals surface area contributed by atoms with Crippen molar-refractivity contribution in [2.24, 2.45) is 0 Å². The van der Waals surface area contributed by atoms with Gasteiger partial charge >= 0.3 is 5.97 Å². The Balaban J connectivity index is 1.99. The Bertz CT molecular complexity index is 676. The van der Waals surface area contributed by atoms with Crippen molar-refractivity contribution in [1.29, 1.82) is 0 Å². The van der Waals surface area contributed by atoms with Gasteiger partial charge in [-0.2, -0.15) is 0 Å². The second-order valence-corrected chi connectivity index (χ2v) is 5.16. The van der Waals surface area contributed by atoms with Gasteiger partial charge in [-0.15, -0.1) is 0 Å². The summed E-state index contributed by atoms with van der Waals surface area (Å²) in [5, 5.41) is 6.25. The highest BCUT2D eigenvalue weighted by molar-refractivity contribution is 5.97. The fraction of sp³-hybridized carbons (Fsp3) is 0.353. The third-order valence-corrected chi connectivity index (χ3v) is 3.39. The van der Waals surface area contributed by atoms with Gasteiger partial charge < -0.3 is 14.6 Å². The van der Waals surface area contributed by atoms with Crippen molar-refractivity contribution >= 4 is 17.7 Å². The van der Waals surface area contributed by atoms with E-state index in [0.717, 1.165) is 12.0 Å². The molecule has 0 saturated heterocycles. The lowest BCUT2D eigenvalue weighted by molar-refractivity contribution is -0.124. The number of aromatic nitrogens is 1. The van der Waals surface area contributed by atoms with Crippen molar-refractivity contribution in [3.8, 4) is 0 Å². The first kappa shape index (κ1) is 16.7. The van der Waals surface area contributed by atoms with E-state index in [9.17, 15) is 9.59 Å². The standard InChI is InChI=1S/C17H20N2O4/c1-4-12-6-8-13(9-7-12)17(21)22-14(5-2)16(20)18-15-10-11(3)23-19-15/h6-10,14H,4-5H2,1-3H3,(H,18,19,20). The number of benzene rings is 1. The molecule has 0 saturated carbocycles. The molecular formula is C17H20N2O4. The van der Waals surface area contributed by atoms with E-state index in [0.29, 0.717) is 23.6 Å². The van der Waals surface area contributed by atoms with Crippen LogP contribution < -0.4 is 5.32 Å². The Labute approximate surface area is 134 Å². The van der Waals surface area contributed by atoms with Gasteiger partial charge in [0.15, 0.2) is 11.9 Å². The van der Waals surface area contributed by atoms with Crippen molar-refractivity contribution in [1.82, 2.24) is 5.16 Å². The van der Waals surface area contributed by atoms with E-state index in [2.05, 4.69) is 10.5 Å². The number of ether oxygens (including phenoxy) is 1. The molecule has 1 atom stereocenters. The number of rotatable bonds is 6. The summed E-state index contributed by atoms with van der Waals surface area (Å²) in [4.78, 5) is 24.3. The third-order valence-electron chi connectivity index (χ3n) is 3.39. The Hall–Kier alpha value is -2.63. The maximum atomic E-state index is 12.2. The summed E-state index contributed by atoms with van der Waals surface area (Å²) < 4.78 is 10.2. The molecule has 6 heteroatoms. The second-order valence-electron chi connectivity index (χ2n) is 5.16. The van der Waals surface area contributed by atoms with Crippen LogP contribution in [0.1, 0.15) is 41.9 Å². The summed E-state index contributed by atoms with van der Waals surface area (Å²) in [5.74, 6) is -0.0685. The minimum atomic E-state index is -0.884. The van der Waals surface area contributed by atoms with Crippen molar-refractivity contribution in [3.05, 3.63) is 47.2 Å².